The molecule has 0 saturated carbocycles. The predicted molar refractivity (Wildman–Crippen MR) is 89.7 cm³/mol. The van der Waals surface area contributed by atoms with Crippen molar-refractivity contribution >= 4 is 27.1 Å². The van der Waals surface area contributed by atoms with Crippen molar-refractivity contribution in [3.8, 4) is 0 Å². The van der Waals surface area contributed by atoms with Crippen molar-refractivity contribution in [2.24, 2.45) is 0 Å². The molecule has 108 valence electrons. The van der Waals surface area contributed by atoms with Crippen LogP contribution in [0.15, 0.2) is 0 Å². The zero-order chi connectivity index (χ0) is 13.5. The average molecular weight is 377 g/mol. The summed E-state index contributed by atoms with van der Waals surface area (Å²) in [4.78, 5) is 0. The van der Waals surface area contributed by atoms with E-state index in [4.69, 9.17) is 9.29 Å². The van der Waals surface area contributed by atoms with Crippen molar-refractivity contribution < 1.29 is 0 Å². The van der Waals surface area contributed by atoms with Crippen LogP contribution in [0.3, 0.4) is 0 Å². The summed E-state index contributed by atoms with van der Waals surface area (Å²) in [5, 5.41) is 0. The fraction of sp³-hybridized carbons (Fsp3) is 1.00. The Morgan fingerprint density at radius 3 is 1.28 bits per heavy atom. The van der Waals surface area contributed by atoms with Gasteiger partial charge >= 0.3 is 127 Å². The van der Waals surface area contributed by atoms with Gasteiger partial charge < -0.3 is 0 Å². The molecular weight excluding hydrogens is 343 g/mol. The summed E-state index contributed by atoms with van der Waals surface area (Å²) in [6, 6.07) is 0. The van der Waals surface area contributed by atoms with Crippen molar-refractivity contribution in [2.45, 2.75) is 99.8 Å². The predicted octanol–water partition coefficient (Wildman–Crippen LogP) is 6.90. The summed E-state index contributed by atoms with van der Waals surface area (Å²) in [5.41, 5.74) is 0. The van der Waals surface area contributed by atoms with Gasteiger partial charge in [0.2, 0.25) is 0 Å². The minimum absolute atomic E-state index is 1.27. The molecule has 0 aromatic heterocycles. The Morgan fingerprint density at radius 1 is 0.556 bits per heavy atom. The van der Waals surface area contributed by atoms with Gasteiger partial charge in [-0.2, -0.15) is 0 Å². The molecule has 0 spiro atoms. The molecule has 0 aliphatic heterocycles. The van der Waals surface area contributed by atoms with E-state index in [0.29, 0.717) is 0 Å². The summed E-state index contributed by atoms with van der Waals surface area (Å²) >= 11 is -1.27. The van der Waals surface area contributed by atoms with Crippen molar-refractivity contribution in [2.75, 3.05) is 0 Å². The van der Waals surface area contributed by atoms with Crippen LogP contribution < -0.4 is 0 Å². The van der Waals surface area contributed by atoms with E-state index in [1.807, 2.05) is 0 Å². The number of unbranched alkanes of at least 4 members (excludes halogenated alkanes) is 10. The first-order valence-corrected chi connectivity index (χ1v) is 16.3. The Hall–Kier alpha value is 1.02. The SMILES string of the molecule is CCCCCCC[CH2][Sn](=[S])[CH2]CCCCCCC. The van der Waals surface area contributed by atoms with Gasteiger partial charge in [-0.3, -0.25) is 0 Å². The summed E-state index contributed by atoms with van der Waals surface area (Å²) < 4.78 is 2.97. The van der Waals surface area contributed by atoms with Crippen LogP contribution in [0.2, 0.25) is 8.87 Å². The number of hydrogen-bond donors (Lipinski definition) is 0. The van der Waals surface area contributed by atoms with Crippen LogP contribution in [0.4, 0.5) is 0 Å². The van der Waals surface area contributed by atoms with Gasteiger partial charge in [0, 0.05) is 0 Å². The molecular formula is C16H34SSn. The van der Waals surface area contributed by atoms with Gasteiger partial charge in [-0.25, -0.2) is 0 Å². The average Bonchev–Trinajstić information content (AvgIpc) is 2.38. The molecule has 0 N–H and O–H groups in total. The first kappa shape index (κ1) is 19.0. The summed E-state index contributed by atoms with van der Waals surface area (Å²) in [6.07, 6.45) is 17.2. The van der Waals surface area contributed by atoms with Crippen LogP contribution >= 0.6 is 9.29 Å². The minimum atomic E-state index is -1.27. The summed E-state index contributed by atoms with van der Waals surface area (Å²) in [5.74, 6) is 0. The van der Waals surface area contributed by atoms with Gasteiger partial charge in [0.25, 0.3) is 0 Å². The third-order valence-electron chi connectivity index (χ3n) is 3.62. The van der Waals surface area contributed by atoms with Gasteiger partial charge in [0.15, 0.2) is 0 Å². The zero-order valence-electron chi connectivity index (χ0n) is 12.8. The van der Waals surface area contributed by atoms with Gasteiger partial charge in [-0.15, -0.1) is 0 Å². The Balaban J connectivity index is 3.12. The molecule has 0 saturated heterocycles. The second kappa shape index (κ2) is 16.1. The van der Waals surface area contributed by atoms with Crippen molar-refractivity contribution in [1.29, 1.82) is 0 Å². The van der Waals surface area contributed by atoms with E-state index in [9.17, 15) is 0 Å². The molecule has 0 atom stereocenters. The molecule has 0 unspecified atom stereocenters. The Kier molecular flexibility index (Phi) is 17.0. The van der Waals surface area contributed by atoms with Crippen molar-refractivity contribution in [3.05, 3.63) is 0 Å². The third kappa shape index (κ3) is 15.1. The van der Waals surface area contributed by atoms with Crippen molar-refractivity contribution in [1.82, 2.24) is 0 Å². The Bertz CT molecular complexity index is 162. The third-order valence-corrected chi connectivity index (χ3v) is 11.6. The molecule has 0 nitrogen and oxygen atoms in total. The van der Waals surface area contributed by atoms with E-state index in [-0.39, 0.29) is 0 Å². The molecule has 0 rings (SSSR count). The summed E-state index contributed by atoms with van der Waals surface area (Å²) in [6.45, 7) is 4.57. The number of rotatable bonds is 14. The molecule has 0 aliphatic rings. The Morgan fingerprint density at radius 2 is 0.889 bits per heavy atom. The molecule has 18 heavy (non-hydrogen) atoms. The van der Waals surface area contributed by atoms with E-state index < -0.39 is 17.8 Å². The maximum absolute atomic E-state index is 5.74. The van der Waals surface area contributed by atoms with E-state index in [1.54, 1.807) is 0 Å². The van der Waals surface area contributed by atoms with Gasteiger partial charge in [0.1, 0.15) is 0 Å². The molecule has 0 heterocycles. The topological polar surface area (TPSA) is 0 Å². The second-order valence-electron chi connectivity index (χ2n) is 5.57. The first-order valence-electron chi connectivity index (χ1n) is 8.33. The second-order valence-corrected chi connectivity index (χ2v) is 15.4. The van der Waals surface area contributed by atoms with Crippen LogP contribution in [0.1, 0.15) is 90.9 Å². The van der Waals surface area contributed by atoms with E-state index >= 15 is 0 Å². The normalized spacial score (nSPS) is 10.8. The van der Waals surface area contributed by atoms with Gasteiger partial charge in [0.05, 0.1) is 0 Å². The fourth-order valence-corrected chi connectivity index (χ4v) is 8.66. The maximum atomic E-state index is 5.74. The Labute approximate surface area is 126 Å². The summed E-state index contributed by atoms with van der Waals surface area (Å²) in [7, 11) is 5.74. The quantitative estimate of drug-likeness (QED) is 0.234. The molecule has 0 aliphatic carbocycles. The standard InChI is InChI=1S/2C8H17.S.Sn/c2*1-3-5-7-8-6-4-2;;/h2*1,3-8H2,2H3;;. The zero-order valence-corrected chi connectivity index (χ0v) is 16.5. The van der Waals surface area contributed by atoms with Crippen LogP contribution in [-0.2, 0) is 0 Å². The molecule has 0 amide bonds. The molecule has 0 fully saturated rings. The van der Waals surface area contributed by atoms with Crippen LogP contribution in [0, 0.1) is 0 Å². The van der Waals surface area contributed by atoms with Crippen molar-refractivity contribution in [3.63, 3.8) is 0 Å². The van der Waals surface area contributed by atoms with E-state index in [1.165, 1.54) is 85.9 Å². The van der Waals surface area contributed by atoms with Gasteiger partial charge in [-0.05, 0) is 0 Å². The van der Waals surface area contributed by atoms with Crippen LogP contribution in [-0.4, -0.2) is 17.8 Å². The molecule has 0 bridgehead atoms. The van der Waals surface area contributed by atoms with Crippen LogP contribution in [0.5, 0.6) is 0 Å². The first-order chi connectivity index (χ1) is 8.81. The van der Waals surface area contributed by atoms with E-state index in [0.717, 1.165) is 0 Å². The van der Waals surface area contributed by atoms with E-state index in [2.05, 4.69) is 13.8 Å². The molecule has 0 radical (unpaired) electrons. The fourth-order valence-electron chi connectivity index (χ4n) is 2.33. The number of hydrogen-bond acceptors (Lipinski definition) is 1. The monoisotopic (exact) mass is 378 g/mol. The van der Waals surface area contributed by atoms with Crippen LogP contribution in [0.25, 0.3) is 0 Å². The molecule has 2 heteroatoms. The molecule has 0 aromatic rings. The van der Waals surface area contributed by atoms with Gasteiger partial charge in [-0.1, -0.05) is 0 Å². The molecule has 0 aromatic carbocycles.